The molecule has 0 aliphatic carbocycles. The molecule has 0 rings (SSSR count). The van der Waals surface area contributed by atoms with E-state index in [2.05, 4.69) is 0 Å². The minimum absolute atomic E-state index is 0. The summed E-state index contributed by atoms with van der Waals surface area (Å²) < 4.78 is 0. The van der Waals surface area contributed by atoms with Gasteiger partial charge in [-0.15, -0.1) is 0 Å². The van der Waals surface area contributed by atoms with E-state index in [1.54, 1.807) is 0 Å². The molecule has 0 fully saturated rings. The molecular formula is C11H12N2Na6O11. The predicted octanol–water partition coefficient (Wildman–Crippen LogP) is -27.8. The molecule has 0 radical (unpaired) electrons. The molecule has 0 N–H and O–H groups in total. The normalized spacial score (nSPS) is 7.93. The summed E-state index contributed by atoms with van der Waals surface area (Å²) in [5.41, 5.74) is 0. The molecule has 13 nitrogen and oxygen atoms in total. The third-order valence-electron chi connectivity index (χ3n) is 2.14. The number of carbonyl (C=O) groups is 5. The van der Waals surface area contributed by atoms with Crippen molar-refractivity contribution in [3.05, 3.63) is 0 Å². The largest absolute Gasteiger partial charge is 1.00 e. The van der Waals surface area contributed by atoms with E-state index in [1.165, 1.54) is 0 Å². The Hall–Kier alpha value is 3.07. The fourth-order valence-electron chi connectivity index (χ4n) is 1.44. The van der Waals surface area contributed by atoms with E-state index in [-0.39, 0.29) is 190 Å². The second kappa shape index (κ2) is 34.2. The molecule has 19 heteroatoms. The first-order chi connectivity index (χ1) is 10.9. The van der Waals surface area contributed by atoms with Crippen LogP contribution >= 0.6 is 0 Å². The van der Waals surface area contributed by atoms with Gasteiger partial charge in [0, 0.05) is 39.3 Å². The summed E-state index contributed by atoms with van der Waals surface area (Å²) in [6, 6.07) is 0. The van der Waals surface area contributed by atoms with Gasteiger partial charge in [0.1, 0.15) is 0 Å². The molecule has 0 aromatic rings. The van der Waals surface area contributed by atoms with E-state index < -0.39 is 56.2 Å². The van der Waals surface area contributed by atoms with Gasteiger partial charge in [0.25, 0.3) is 0 Å². The van der Waals surface area contributed by atoms with Crippen molar-refractivity contribution in [2.75, 3.05) is 39.3 Å². The predicted molar refractivity (Wildman–Crippen MR) is 58.3 cm³/mol. The molecular weight excluding hydrogens is 474 g/mol. The van der Waals surface area contributed by atoms with Gasteiger partial charge in [-0.2, -0.15) is 0 Å². The third kappa shape index (κ3) is 48.5. The van der Waals surface area contributed by atoms with Gasteiger partial charge in [-0.25, -0.2) is 0 Å². The Kier molecular flexibility index (Phi) is 61.8. The Morgan fingerprint density at radius 3 is 0.667 bits per heavy atom. The summed E-state index contributed by atoms with van der Waals surface area (Å²) >= 11 is 0. The summed E-state index contributed by atoms with van der Waals surface area (Å²) in [5.74, 6) is -6.12. The maximum absolute atomic E-state index is 10.4. The van der Waals surface area contributed by atoms with Crippen LogP contribution in [-0.4, -0.2) is 79.1 Å². The van der Waals surface area contributed by atoms with Crippen LogP contribution in [0.2, 0.25) is 0 Å². The fraction of sp³-hybridized carbons (Fsp3) is 0.545. The van der Waals surface area contributed by atoms with Gasteiger partial charge in [0.15, 0.2) is 0 Å². The van der Waals surface area contributed by atoms with Gasteiger partial charge in [0.2, 0.25) is 0 Å². The van der Waals surface area contributed by atoms with Crippen LogP contribution in [0.4, 0.5) is 4.79 Å². The van der Waals surface area contributed by atoms with Crippen molar-refractivity contribution in [3.8, 4) is 0 Å². The Labute approximate surface area is 305 Å². The SMILES string of the molecule is O=C([O-])CN(CCN(CC(=O)[O-])CC(=O)[O-])CC(=O)[O-].O=C([O-])[O-].[Na+].[Na+].[Na+].[Na+].[Na+].[Na+]. The molecule has 30 heavy (non-hydrogen) atoms. The van der Waals surface area contributed by atoms with Gasteiger partial charge in [-0.1, -0.05) is 0 Å². The molecule has 0 aromatic carbocycles. The summed E-state index contributed by atoms with van der Waals surface area (Å²) in [6.45, 7) is -3.25. The third-order valence-corrected chi connectivity index (χ3v) is 2.14. The average molecular weight is 486 g/mol. The molecule has 0 saturated carbocycles. The Morgan fingerprint density at radius 2 is 0.567 bits per heavy atom. The minimum Gasteiger partial charge on any atom is -0.652 e. The van der Waals surface area contributed by atoms with E-state index in [4.69, 9.17) is 15.0 Å². The fourth-order valence-corrected chi connectivity index (χ4v) is 1.44. The Balaban J connectivity index is -0.0000000739. The van der Waals surface area contributed by atoms with Crippen molar-refractivity contribution < 1.29 is 232 Å². The molecule has 0 spiro atoms. The number of nitrogens with zero attached hydrogens (tertiary/aromatic N) is 2. The molecule has 138 valence electrons. The number of carboxylic acids is 4. The number of carbonyl (C=O) groups excluding carboxylic acids is 5. The first-order valence-electron chi connectivity index (χ1n) is 6.06. The average Bonchev–Trinajstić information content (AvgIpc) is 2.32. The van der Waals surface area contributed by atoms with Crippen LogP contribution in [0.25, 0.3) is 0 Å². The second-order valence-electron chi connectivity index (χ2n) is 4.16. The van der Waals surface area contributed by atoms with Crippen molar-refractivity contribution in [2.45, 2.75) is 0 Å². The second-order valence-corrected chi connectivity index (χ2v) is 4.16. The summed E-state index contributed by atoms with van der Waals surface area (Å²) in [6.07, 6.45) is -2.33. The van der Waals surface area contributed by atoms with E-state index in [0.717, 1.165) is 9.80 Å². The maximum Gasteiger partial charge on any atom is 1.00 e. The Morgan fingerprint density at radius 1 is 0.433 bits per heavy atom. The zero-order valence-electron chi connectivity index (χ0n) is 18.1. The van der Waals surface area contributed by atoms with Crippen molar-refractivity contribution in [3.63, 3.8) is 0 Å². The maximum atomic E-state index is 10.4. The van der Waals surface area contributed by atoms with E-state index in [0.29, 0.717) is 0 Å². The van der Waals surface area contributed by atoms with E-state index >= 15 is 0 Å². The number of hydrogen-bond donors (Lipinski definition) is 0. The molecule has 0 unspecified atom stereocenters. The topological polar surface area (TPSA) is 230 Å². The van der Waals surface area contributed by atoms with Gasteiger partial charge < -0.3 is 54.6 Å². The van der Waals surface area contributed by atoms with Crippen molar-refractivity contribution in [1.82, 2.24) is 9.80 Å². The zero-order chi connectivity index (χ0) is 19.3. The minimum atomic E-state index is -2.33. The van der Waals surface area contributed by atoms with Crippen LogP contribution in [0.15, 0.2) is 0 Å². The molecule has 0 atom stereocenters. The van der Waals surface area contributed by atoms with E-state index in [9.17, 15) is 39.6 Å². The number of carboxylic acid groups (broad SMARTS) is 6. The smallest absolute Gasteiger partial charge is 0.652 e. The van der Waals surface area contributed by atoms with Crippen molar-refractivity contribution >= 4 is 30.0 Å². The monoisotopic (exact) mass is 486 g/mol. The molecule has 0 heterocycles. The summed E-state index contributed by atoms with van der Waals surface area (Å²) in [4.78, 5) is 51.8. The van der Waals surface area contributed by atoms with Crippen LogP contribution in [0.3, 0.4) is 0 Å². The molecule has 0 aliphatic rings. The number of hydrogen-bond acceptors (Lipinski definition) is 13. The van der Waals surface area contributed by atoms with Crippen LogP contribution < -0.4 is 208 Å². The van der Waals surface area contributed by atoms with Gasteiger partial charge in [0.05, 0.1) is 23.9 Å². The van der Waals surface area contributed by atoms with Crippen LogP contribution in [0.1, 0.15) is 0 Å². The van der Waals surface area contributed by atoms with Crippen LogP contribution in [-0.2, 0) is 19.2 Å². The quantitative estimate of drug-likeness (QED) is 0.247. The van der Waals surface area contributed by atoms with Crippen LogP contribution in [0, 0.1) is 0 Å². The Bertz CT molecular complexity index is 415. The van der Waals surface area contributed by atoms with Crippen LogP contribution in [0.5, 0.6) is 0 Å². The standard InChI is InChI=1S/C10H16N2O8.CH2O3.6Na/c13-7(14)3-11(4-8(15)16)1-2-12(5-9(17)18)6-10(19)20;2-1(3)4;;;;;;/h1-6H2,(H,13,14)(H,15,16)(H,17,18)(H,19,20);(H2,2,3,4);;;;;;/q;;6*+1/p-6. The van der Waals surface area contributed by atoms with Crippen molar-refractivity contribution in [1.29, 1.82) is 0 Å². The van der Waals surface area contributed by atoms with E-state index in [1.807, 2.05) is 0 Å². The van der Waals surface area contributed by atoms with Gasteiger partial charge in [-0.05, 0) is 6.16 Å². The van der Waals surface area contributed by atoms with Gasteiger partial charge >= 0.3 is 177 Å². The van der Waals surface area contributed by atoms with Gasteiger partial charge in [-0.3, -0.25) is 9.80 Å². The van der Waals surface area contributed by atoms with Crippen molar-refractivity contribution in [2.24, 2.45) is 0 Å². The first-order valence-corrected chi connectivity index (χ1v) is 6.06. The molecule has 0 aromatic heterocycles. The molecule has 0 aliphatic heterocycles. The zero-order valence-corrected chi connectivity index (χ0v) is 30.1. The first kappa shape index (κ1) is 54.1. The molecule has 0 amide bonds. The molecule has 0 saturated heterocycles. The number of aliphatic carboxylic acids is 4. The summed E-state index contributed by atoms with van der Waals surface area (Å²) in [7, 11) is 0. The molecule has 0 bridgehead atoms. The summed E-state index contributed by atoms with van der Waals surface area (Å²) in [5, 5.41) is 58.3. The number of rotatable bonds is 11.